The van der Waals surface area contributed by atoms with E-state index in [0.717, 1.165) is 29.0 Å². The molecule has 6 heteroatoms. The fourth-order valence-electron chi connectivity index (χ4n) is 2.52. The van der Waals surface area contributed by atoms with Crippen molar-refractivity contribution in [2.24, 2.45) is 5.73 Å². The number of amides is 2. The molecule has 0 saturated carbocycles. The molecule has 2 amide bonds. The zero-order valence-corrected chi connectivity index (χ0v) is 13.7. The zero-order chi connectivity index (χ0) is 15.7. The van der Waals surface area contributed by atoms with Crippen molar-refractivity contribution in [1.29, 1.82) is 0 Å². The Balaban J connectivity index is 1.80. The van der Waals surface area contributed by atoms with Crippen molar-refractivity contribution < 1.29 is 9.59 Å². The Labute approximate surface area is 137 Å². The zero-order valence-electron chi connectivity index (χ0n) is 12.1. The maximum absolute atomic E-state index is 12.6. The summed E-state index contributed by atoms with van der Waals surface area (Å²) in [7, 11) is 0. The predicted octanol–water partition coefficient (Wildman–Crippen LogP) is 3.12. The standard InChI is InChI=1S/C16H16N2O2S2/c1-9-8-10(15(17)19)2-3-12(9)18-16(20)14-11-4-6-21-13(11)5-7-22-14/h2-4,6,8,14H,5,7H2,1H3,(H2,17,19)(H,18,20)/t14-/m0/s1. The van der Waals surface area contributed by atoms with Gasteiger partial charge >= 0.3 is 0 Å². The molecule has 4 nitrogen and oxygen atoms in total. The molecule has 1 aliphatic rings. The van der Waals surface area contributed by atoms with Crippen molar-refractivity contribution >= 4 is 40.6 Å². The molecule has 0 unspecified atom stereocenters. The number of nitrogens with one attached hydrogen (secondary N) is 1. The molecular formula is C16H16N2O2S2. The first-order valence-electron chi connectivity index (χ1n) is 6.95. The Morgan fingerprint density at radius 1 is 1.32 bits per heavy atom. The molecule has 0 aliphatic carbocycles. The van der Waals surface area contributed by atoms with Crippen molar-refractivity contribution in [1.82, 2.24) is 0 Å². The second-order valence-corrected chi connectivity index (χ2v) is 7.40. The number of carbonyl (C=O) groups is 2. The van der Waals surface area contributed by atoms with Crippen LogP contribution in [-0.4, -0.2) is 17.6 Å². The first kappa shape index (κ1) is 15.1. The van der Waals surface area contributed by atoms with Gasteiger partial charge < -0.3 is 11.1 Å². The number of fused-ring (bicyclic) bond motifs is 1. The molecule has 2 aromatic rings. The van der Waals surface area contributed by atoms with E-state index in [4.69, 9.17) is 5.73 Å². The fraction of sp³-hybridized carbons (Fsp3) is 0.250. The van der Waals surface area contributed by atoms with Crippen LogP contribution in [0.25, 0.3) is 0 Å². The van der Waals surface area contributed by atoms with E-state index in [2.05, 4.69) is 5.32 Å². The Morgan fingerprint density at radius 3 is 2.86 bits per heavy atom. The summed E-state index contributed by atoms with van der Waals surface area (Å²) in [6.07, 6.45) is 1.04. The number of primary amides is 1. The normalized spacial score (nSPS) is 16.9. The number of thiophene rings is 1. The molecule has 114 valence electrons. The van der Waals surface area contributed by atoms with Gasteiger partial charge in [0.25, 0.3) is 0 Å². The number of nitrogens with two attached hydrogens (primary N) is 1. The lowest BCUT2D eigenvalue weighted by Gasteiger charge is -2.22. The third-order valence-corrected chi connectivity index (χ3v) is 5.92. The number of benzene rings is 1. The summed E-state index contributed by atoms with van der Waals surface area (Å²) in [4.78, 5) is 25.1. The van der Waals surface area contributed by atoms with Crippen LogP contribution in [0.1, 0.15) is 31.6 Å². The molecular weight excluding hydrogens is 316 g/mol. The summed E-state index contributed by atoms with van der Waals surface area (Å²) in [6.45, 7) is 1.85. The van der Waals surface area contributed by atoms with Crippen LogP contribution in [-0.2, 0) is 11.2 Å². The SMILES string of the molecule is Cc1cc(C(N)=O)ccc1NC(=O)[C@H]1SCCc2sccc21. The van der Waals surface area contributed by atoms with Gasteiger partial charge in [-0.1, -0.05) is 0 Å². The molecule has 3 rings (SSSR count). The largest absolute Gasteiger partial charge is 0.366 e. The lowest BCUT2D eigenvalue weighted by Crippen LogP contribution is -2.22. The Morgan fingerprint density at radius 2 is 2.14 bits per heavy atom. The number of anilines is 1. The van der Waals surface area contributed by atoms with Crippen molar-refractivity contribution in [2.45, 2.75) is 18.6 Å². The summed E-state index contributed by atoms with van der Waals surface area (Å²) < 4.78 is 0. The van der Waals surface area contributed by atoms with Gasteiger partial charge in [-0.05, 0) is 59.9 Å². The molecule has 0 radical (unpaired) electrons. The van der Waals surface area contributed by atoms with E-state index in [1.165, 1.54) is 4.88 Å². The van der Waals surface area contributed by atoms with Gasteiger partial charge in [-0.25, -0.2) is 0 Å². The molecule has 22 heavy (non-hydrogen) atoms. The van der Waals surface area contributed by atoms with E-state index in [1.807, 2.05) is 18.4 Å². The highest BCUT2D eigenvalue weighted by atomic mass is 32.2. The number of hydrogen-bond acceptors (Lipinski definition) is 4. The molecule has 2 heterocycles. The smallest absolute Gasteiger partial charge is 0.248 e. The van der Waals surface area contributed by atoms with Crippen molar-refractivity contribution in [2.75, 3.05) is 11.1 Å². The highest BCUT2D eigenvalue weighted by Crippen LogP contribution is 2.40. The van der Waals surface area contributed by atoms with Crippen molar-refractivity contribution in [3.05, 3.63) is 51.2 Å². The van der Waals surface area contributed by atoms with Crippen LogP contribution in [0.2, 0.25) is 0 Å². The summed E-state index contributed by atoms with van der Waals surface area (Å²) >= 11 is 3.39. The lowest BCUT2D eigenvalue weighted by molar-refractivity contribution is -0.115. The molecule has 1 aliphatic heterocycles. The number of aryl methyl sites for hydroxylation is 2. The van der Waals surface area contributed by atoms with Crippen LogP contribution in [0.15, 0.2) is 29.6 Å². The van der Waals surface area contributed by atoms with Gasteiger partial charge in [0.15, 0.2) is 0 Å². The molecule has 0 bridgehead atoms. The monoisotopic (exact) mass is 332 g/mol. The van der Waals surface area contributed by atoms with Crippen molar-refractivity contribution in [3.63, 3.8) is 0 Å². The van der Waals surface area contributed by atoms with Crippen LogP contribution < -0.4 is 11.1 Å². The van der Waals surface area contributed by atoms with Crippen LogP contribution in [0.4, 0.5) is 5.69 Å². The molecule has 3 N–H and O–H groups in total. The van der Waals surface area contributed by atoms with Crippen LogP contribution in [0, 0.1) is 6.92 Å². The van der Waals surface area contributed by atoms with E-state index >= 15 is 0 Å². The molecule has 1 atom stereocenters. The molecule has 1 aromatic carbocycles. The van der Waals surface area contributed by atoms with Gasteiger partial charge in [-0.2, -0.15) is 0 Å². The maximum Gasteiger partial charge on any atom is 0.248 e. The number of hydrogen-bond donors (Lipinski definition) is 2. The van der Waals surface area contributed by atoms with Crippen molar-refractivity contribution in [3.8, 4) is 0 Å². The van der Waals surface area contributed by atoms with Gasteiger partial charge in [0.1, 0.15) is 5.25 Å². The highest BCUT2D eigenvalue weighted by molar-refractivity contribution is 8.00. The molecule has 0 spiro atoms. The predicted molar refractivity (Wildman–Crippen MR) is 91.5 cm³/mol. The second-order valence-electron chi connectivity index (χ2n) is 5.18. The van der Waals surface area contributed by atoms with E-state index in [-0.39, 0.29) is 11.2 Å². The minimum Gasteiger partial charge on any atom is -0.366 e. The number of thioether (sulfide) groups is 1. The summed E-state index contributed by atoms with van der Waals surface area (Å²) in [5.41, 5.74) is 8.39. The third-order valence-electron chi connectivity index (χ3n) is 3.68. The minimum atomic E-state index is -0.466. The first-order valence-corrected chi connectivity index (χ1v) is 8.88. The molecule has 0 fully saturated rings. The number of rotatable bonds is 3. The quantitative estimate of drug-likeness (QED) is 0.907. The van der Waals surface area contributed by atoms with Gasteiger partial charge in [0, 0.05) is 16.1 Å². The Kier molecular flexibility index (Phi) is 4.22. The van der Waals surface area contributed by atoms with Crippen LogP contribution in [0.5, 0.6) is 0 Å². The van der Waals surface area contributed by atoms with E-state index < -0.39 is 5.91 Å². The topological polar surface area (TPSA) is 72.2 Å². The van der Waals surface area contributed by atoms with Gasteiger partial charge in [-0.3, -0.25) is 9.59 Å². The van der Waals surface area contributed by atoms with E-state index in [0.29, 0.717) is 5.56 Å². The fourth-order valence-corrected chi connectivity index (χ4v) is 4.81. The number of carbonyl (C=O) groups excluding carboxylic acids is 2. The summed E-state index contributed by atoms with van der Waals surface area (Å²) in [5, 5.41) is 4.85. The Hall–Kier alpha value is -1.79. The maximum atomic E-state index is 12.6. The van der Waals surface area contributed by atoms with Gasteiger partial charge in [0.2, 0.25) is 11.8 Å². The lowest BCUT2D eigenvalue weighted by atomic mass is 10.1. The highest BCUT2D eigenvalue weighted by Gasteiger charge is 2.28. The average molecular weight is 332 g/mol. The van der Waals surface area contributed by atoms with E-state index in [1.54, 1.807) is 41.3 Å². The van der Waals surface area contributed by atoms with Crippen LogP contribution in [0.3, 0.4) is 0 Å². The minimum absolute atomic E-state index is 0.0146. The summed E-state index contributed by atoms with van der Waals surface area (Å²) in [5.74, 6) is 0.483. The molecule has 0 saturated heterocycles. The van der Waals surface area contributed by atoms with Crippen LogP contribution >= 0.6 is 23.1 Å². The Bertz CT molecular complexity index is 739. The first-order chi connectivity index (χ1) is 10.6. The van der Waals surface area contributed by atoms with Gasteiger partial charge in [-0.15, -0.1) is 23.1 Å². The van der Waals surface area contributed by atoms with Gasteiger partial charge in [0.05, 0.1) is 0 Å². The second kappa shape index (κ2) is 6.14. The third kappa shape index (κ3) is 2.89. The summed E-state index contributed by atoms with van der Waals surface area (Å²) in [6, 6.07) is 7.10. The average Bonchev–Trinajstić information content (AvgIpc) is 2.97. The van der Waals surface area contributed by atoms with E-state index in [9.17, 15) is 9.59 Å². The molecule has 1 aromatic heterocycles.